The molecule has 1 amide bonds. The third kappa shape index (κ3) is 2.83. The van der Waals surface area contributed by atoms with Crippen LogP contribution in [0.2, 0.25) is 0 Å². The van der Waals surface area contributed by atoms with E-state index in [4.69, 9.17) is 4.74 Å². The van der Waals surface area contributed by atoms with E-state index in [1.807, 2.05) is 6.92 Å². The zero-order valence-corrected chi connectivity index (χ0v) is 13.3. The molecule has 6 nitrogen and oxygen atoms in total. The van der Waals surface area contributed by atoms with Crippen LogP contribution in [0.4, 0.5) is 8.78 Å². The van der Waals surface area contributed by atoms with Crippen LogP contribution in [0.1, 0.15) is 53.3 Å². The quantitative estimate of drug-likeness (QED) is 0.907. The van der Waals surface area contributed by atoms with Gasteiger partial charge in [-0.15, -0.1) is 0 Å². The largest absolute Gasteiger partial charge is 0.496 e. The average Bonchev–Trinajstić information content (AvgIpc) is 3.00. The third-order valence-corrected chi connectivity index (χ3v) is 4.22. The standard InChI is InChI=1S/C16H17F2N3O3/c1-9-4-5-10(11(8-9)23-2)13(22)20-16(6-3-7-16)15-19-14(12(17)18)24-21-15/h4-5,8,12H,3,6-7H2,1-2H3,(H,20,22). The van der Waals surface area contributed by atoms with Gasteiger partial charge in [0, 0.05) is 0 Å². The van der Waals surface area contributed by atoms with Gasteiger partial charge in [0.15, 0.2) is 5.82 Å². The summed E-state index contributed by atoms with van der Waals surface area (Å²) in [7, 11) is 1.48. The first-order valence-corrected chi connectivity index (χ1v) is 7.54. The normalized spacial score (nSPS) is 15.9. The summed E-state index contributed by atoms with van der Waals surface area (Å²) in [5, 5.41) is 6.48. The number of alkyl halides is 2. The maximum Gasteiger partial charge on any atom is 0.315 e. The number of hydrogen-bond donors (Lipinski definition) is 1. The fourth-order valence-corrected chi connectivity index (χ4v) is 2.72. The number of rotatable bonds is 5. The van der Waals surface area contributed by atoms with Crippen molar-refractivity contribution >= 4 is 5.91 Å². The molecule has 0 bridgehead atoms. The molecule has 1 aliphatic rings. The minimum atomic E-state index is -2.84. The summed E-state index contributed by atoms with van der Waals surface area (Å²) >= 11 is 0. The number of carbonyl (C=O) groups excluding carboxylic acids is 1. The lowest BCUT2D eigenvalue weighted by Crippen LogP contribution is -2.51. The van der Waals surface area contributed by atoms with Gasteiger partial charge in [-0.1, -0.05) is 11.2 Å². The highest BCUT2D eigenvalue weighted by Crippen LogP contribution is 2.40. The van der Waals surface area contributed by atoms with Crippen LogP contribution >= 0.6 is 0 Å². The molecule has 0 spiro atoms. The van der Waals surface area contributed by atoms with Crippen molar-refractivity contribution in [3.8, 4) is 5.75 Å². The summed E-state index contributed by atoms with van der Waals surface area (Å²) in [5.74, 6) is -0.569. The minimum absolute atomic E-state index is 0.0866. The van der Waals surface area contributed by atoms with Crippen molar-refractivity contribution in [1.29, 1.82) is 0 Å². The summed E-state index contributed by atoms with van der Waals surface area (Å²) in [4.78, 5) is 16.4. The molecule has 1 heterocycles. The monoisotopic (exact) mass is 337 g/mol. The number of amides is 1. The van der Waals surface area contributed by atoms with Crippen molar-refractivity contribution in [3.63, 3.8) is 0 Å². The van der Waals surface area contributed by atoms with Gasteiger partial charge in [-0.2, -0.15) is 13.8 Å². The second kappa shape index (κ2) is 6.18. The van der Waals surface area contributed by atoms with Crippen molar-refractivity contribution < 1.29 is 22.8 Å². The van der Waals surface area contributed by atoms with E-state index in [-0.39, 0.29) is 11.7 Å². The van der Waals surface area contributed by atoms with Crippen LogP contribution in [0, 0.1) is 6.92 Å². The molecule has 0 atom stereocenters. The van der Waals surface area contributed by atoms with Gasteiger partial charge in [-0.05, 0) is 43.9 Å². The summed E-state index contributed by atoms with van der Waals surface area (Å²) < 4.78 is 35.1. The predicted molar refractivity (Wildman–Crippen MR) is 80.0 cm³/mol. The summed E-state index contributed by atoms with van der Waals surface area (Å²) in [6.07, 6.45) is -0.870. The van der Waals surface area contributed by atoms with Crippen molar-refractivity contribution in [2.45, 2.75) is 38.2 Å². The Kier molecular flexibility index (Phi) is 4.21. The second-order valence-corrected chi connectivity index (χ2v) is 5.85. The molecule has 1 saturated carbocycles. The number of ether oxygens (including phenoxy) is 1. The van der Waals surface area contributed by atoms with E-state index in [9.17, 15) is 13.6 Å². The van der Waals surface area contributed by atoms with E-state index in [1.165, 1.54) is 7.11 Å². The first-order chi connectivity index (χ1) is 11.4. The Labute approximate surface area is 137 Å². The molecule has 1 aromatic carbocycles. The molecule has 3 rings (SSSR count). The zero-order chi connectivity index (χ0) is 17.3. The Morgan fingerprint density at radius 2 is 2.17 bits per heavy atom. The Hall–Kier alpha value is -2.51. The molecule has 1 fully saturated rings. The number of nitrogens with zero attached hydrogens (tertiary/aromatic N) is 2. The Morgan fingerprint density at radius 3 is 2.71 bits per heavy atom. The lowest BCUT2D eigenvalue weighted by atomic mass is 9.76. The molecule has 8 heteroatoms. The first kappa shape index (κ1) is 16.4. The summed E-state index contributed by atoms with van der Waals surface area (Å²) in [5.41, 5.74) is 0.456. The molecule has 0 radical (unpaired) electrons. The van der Waals surface area contributed by atoms with Gasteiger partial charge in [-0.25, -0.2) is 0 Å². The molecular formula is C16H17F2N3O3. The minimum Gasteiger partial charge on any atom is -0.496 e. The number of aromatic nitrogens is 2. The van der Waals surface area contributed by atoms with Gasteiger partial charge in [0.25, 0.3) is 11.8 Å². The molecule has 1 N–H and O–H groups in total. The van der Waals surface area contributed by atoms with Crippen molar-refractivity contribution in [2.24, 2.45) is 0 Å². The summed E-state index contributed by atoms with van der Waals surface area (Å²) in [6, 6.07) is 5.22. The van der Waals surface area contributed by atoms with Gasteiger partial charge in [-0.3, -0.25) is 4.79 Å². The zero-order valence-electron chi connectivity index (χ0n) is 13.3. The number of methoxy groups -OCH3 is 1. The van der Waals surface area contributed by atoms with Crippen molar-refractivity contribution in [1.82, 2.24) is 15.5 Å². The predicted octanol–water partition coefficient (Wildman–Crippen LogP) is 3.13. The van der Waals surface area contributed by atoms with Crippen LogP contribution in [0.5, 0.6) is 5.75 Å². The molecule has 1 aliphatic carbocycles. The molecule has 1 aromatic heterocycles. The highest BCUT2D eigenvalue weighted by atomic mass is 19.3. The highest BCUT2D eigenvalue weighted by molar-refractivity contribution is 5.97. The fraction of sp³-hybridized carbons (Fsp3) is 0.438. The van der Waals surface area contributed by atoms with E-state index in [2.05, 4.69) is 20.0 Å². The van der Waals surface area contributed by atoms with Gasteiger partial charge in [0.05, 0.1) is 12.7 Å². The van der Waals surface area contributed by atoms with E-state index in [0.29, 0.717) is 24.2 Å². The maximum absolute atomic E-state index is 12.7. The van der Waals surface area contributed by atoms with Gasteiger partial charge in [0.1, 0.15) is 11.3 Å². The SMILES string of the molecule is COc1cc(C)ccc1C(=O)NC1(c2noc(C(F)F)n2)CCC1. The molecule has 24 heavy (non-hydrogen) atoms. The smallest absolute Gasteiger partial charge is 0.315 e. The lowest BCUT2D eigenvalue weighted by Gasteiger charge is -2.39. The third-order valence-electron chi connectivity index (χ3n) is 4.22. The molecule has 2 aromatic rings. The Morgan fingerprint density at radius 1 is 1.42 bits per heavy atom. The number of halogens is 2. The Bertz CT molecular complexity index is 757. The number of hydrogen-bond acceptors (Lipinski definition) is 5. The van der Waals surface area contributed by atoms with Crippen LogP contribution in [-0.4, -0.2) is 23.2 Å². The molecule has 0 aliphatic heterocycles. The number of aryl methyl sites for hydroxylation is 1. The van der Waals surface area contributed by atoms with Gasteiger partial charge in [0.2, 0.25) is 0 Å². The second-order valence-electron chi connectivity index (χ2n) is 5.85. The Balaban J connectivity index is 1.86. The van der Waals surface area contributed by atoms with Crippen LogP contribution < -0.4 is 10.1 Å². The number of nitrogens with one attached hydrogen (secondary N) is 1. The van der Waals surface area contributed by atoms with Crippen molar-refractivity contribution in [2.75, 3.05) is 7.11 Å². The first-order valence-electron chi connectivity index (χ1n) is 7.54. The van der Waals surface area contributed by atoms with E-state index >= 15 is 0 Å². The topological polar surface area (TPSA) is 77.2 Å². The van der Waals surface area contributed by atoms with E-state index in [1.54, 1.807) is 18.2 Å². The van der Waals surface area contributed by atoms with Gasteiger partial charge >= 0.3 is 6.43 Å². The lowest BCUT2D eigenvalue weighted by molar-refractivity contribution is 0.0801. The summed E-state index contributed by atoms with van der Waals surface area (Å²) in [6.45, 7) is 1.89. The number of carbonyl (C=O) groups is 1. The number of benzene rings is 1. The van der Waals surface area contributed by atoms with Crippen LogP contribution in [0.15, 0.2) is 22.7 Å². The highest BCUT2D eigenvalue weighted by Gasteiger charge is 2.45. The van der Waals surface area contributed by atoms with E-state index < -0.39 is 17.9 Å². The van der Waals surface area contributed by atoms with E-state index in [0.717, 1.165) is 12.0 Å². The van der Waals surface area contributed by atoms with Crippen molar-refractivity contribution in [3.05, 3.63) is 41.0 Å². The molecule has 128 valence electrons. The molecular weight excluding hydrogens is 320 g/mol. The average molecular weight is 337 g/mol. The molecule has 0 unspecified atom stereocenters. The van der Waals surface area contributed by atoms with Crippen LogP contribution in [-0.2, 0) is 5.54 Å². The van der Waals surface area contributed by atoms with Crippen LogP contribution in [0.3, 0.4) is 0 Å². The fourth-order valence-electron chi connectivity index (χ4n) is 2.72. The van der Waals surface area contributed by atoms with Crippen LogP contribution in [0.25, 0.3) is 0 Å². The maximum atomic E-state index is 12.7. The molecule has 0 saturated heterocycles. The van der Waals surface area contributed by atoms with Gasteiger partial charge < -0.3 is 14.6 Å².